The quantitative estimate of drug-likeness (QED) is 0.364. The summed E-state index contributed by atoms with van der Waals surface area (Å²) in [5.74, 6) is 0.246. The predicted octanol–water partition coefficient (Wildman–Crippen LogP) is 4.08. The fourth-order valence-corrected chi connectivity index (χ4v) is 6.72. The zero-order valence-corrected chi connectivity index (χ0v) is 22.6. The van der Waals surface area contributed by atoms with Crippen molar-refractivity contribution in [3.05, 3.63) is 58.2 Å². The third kappa shape index (κ3) is 4.35. The van der Waals surface area contributed by atoms with E-state index in [2.05, 4.69) is 30.3 Å². The average Bonchev–Trinajstić information content (AvgIpc) is 3.19. The molecule has 6 rings (SSSR count). The van der Waals surface area contributed by atoms with E-state index in [1.165, 1.54) is 22.8 Å². The number of aromatic amines is 1. The maximum absolute atomic E-state index is 14.9. The highest BCUT2D eigenvalue weighted by molar-refractivity contribution is 7.88. The number of anilines is 1. The second-order valence-electron chi connectivity index (χ2n) is 9.85. The lowest BCUT2D eigenvalue weighted by Gasteiger charge is -2.59. The topological polar surface area (TPSA) is 117 Å². The fourth-order valence-electron chi connectivity index (χ4n) is 5.07. The van der Waals surface area contributed by atoms with Gasteiger partial charge in [0.2, 0.25) is 10.0 Å². The number of hydrogen-bond donors (Lipinski definition) is 1. The molecule has 5 heterocycles. The summed E-state index contributed by atoms with van der Waals surface area (Å²) in [6, 6.07) is 6.70. The molecule has 1 atom stereocenters. The highest BCUT2D eigenvalue weighted by atomic mass is 35.5. The minimum Gasteiger partial charge on any atom is -0.483 e. The highest BCUT2D eigenvalue weighted by Gasteiger charge is 2.54. The van der Waals surface area contributed by atoms with Gasteiger partial charge in [0.15, 0.2) is 16.7 Å². The third-order valence-electron chi connectivity index (χ3n) is 7.01. The Balaban J connectivity index is 1.20. The van der Waals surface area contributed by atoms with Gasteiger partial charge in [-0.25, -0.2) is 22.1 Å². The number of sulfonamides is 1. The fraction of sp³-hybridized carbons (Fsp3) is 0.333. The highest BCUT2D eigenvalue weighted by Crippen LogP contribution is 2.42. The largest absolute Gasteiger partial charge is 0.483 e. The molecule has 3 aromatic heterocycles. The Kier molecular flexibility index (Phi) is 5.98. The molecule has 2 aliphatic rings. The van der Waals surface area contributed by atoms with Gasteiger partial charge in [-0.2, -0.15) is 10.2 Å². The number of fused-ring (bicyclic) bond motifs is 1. The second-order valence-corrected chi connectivity index (χ2v) is 12.6. The number of aromatic nitrogens is 5. The van der Waals surface area contributed by atoms with Crippen LogP contribution in [0.4, 0.5) is 10.2 Å². The van der Waals surface area contributed by atoms with Crippen molar-refractivity contribution in [3.8, 4) is 17.0 Å². The third-order valence-corrected chi connectivity index (χ3v) is 8.79. The van der Waals surface area contributed by atoms with Crippen molar-refractivity contribution in [1.82, 2.24) is 29.7 Å². The van der Waals surface area contributed by atoms with Crippen molar-refractivity contribution in [2.24, 2.45) is 5.41 Å². The van der Waals surface area contributed by atoms with Gasteiger partial charge >= 0.3 is 0 Å². The number of nitrogens with zero attached hydrogens (tertiary/aromatic N) is 6. The van der Waals surface area contributed by atoms with Crippen LogP contribution in [0.25, 0.3) is 22.2 Å². The first-order valence-corrected chi connectivity index (χ1v) is 14.3. The number of pyridine rings is 1. The molecule has 0 radical (unpaired) electrons. The lowest BCUT2D eigenvalue weighted by atomic mass is 9.74. The van der Waals surface area contributed by atoms with Gasteiger partial charge in [-0.1, -0.05) is 23.2 Å². The normalized spacial score (nSPS) is 17.9. The van der Waals surface area contributed by atoms with Gasteiger partial charge in [0.25, 0.3) is 0 Å². The molecule has 0 aliphatic carbocycles. The van der Waals surface area contributed by atoms with Crippen LogP contribution in [0, 0.1) is 11.2 Å². The van der Waals surface area contributed by atoms with Gasteiger partial charge in [-0.05, 0) is 25.1 Å². The van der Waals surface area contributed by atoms with E-state index in [0.29, 0.717) is 35.2 Å². The van der Waals surface area contributed by atoms with Crippen LogP contribution in [-0.2, 0) is 10.0 Å². The summed E-state index contributed by atoms with van der Waals surface area (Å²) in [6.07, 6.45) is 3.62. The van der Waals surface area contributed by atoms with Crippen LogP contribution in [0.3, 0.4) is 0 Å². The SMILES string of the molecule is C[C@@H](Oc1cc2c(-c3ccc(N4CC5(C4)CN(S(C)(=O)=O)C5)nc3)n[nH]c2cc1F)c1c(Cl)cnnc1Cl. The molecule has 10 nitrogen and oxygen atoms in total. The van der Waals surface area contributed by atoms with E-state index in [-0.39, 0.29) is 21.3 Å². The van der Waals surface area contributed by atoms with E-state index >= 15 is 0 Å². The van der Waals surface area contributed by atoms with Crippen molar-refractivity contribution in [2.75, 3.05) is 37.3 Å². The number of ether oxygens (including phenoxy) is 1. The standard InChI is InChI=1S/C24H22Cl2FN7O3S/c1-13(21-16(25)8-29-32-23(21)26)37-19-5-15-18(6-17(19)27)30-31-22(15)14-3-4-20(28-7-14)33-9-24(10-33)11-34(12-24)38(2,35)36/h3-8,13H,9-12H2,1-2H3,(H,30,31)/t13-/m1/s1. The number of H-pyrrole nitrogens is 1. The average molecular weight is 578 g/mol. The second kappa shape index (κ2) is 9.01. The summed E-state index contributed by atoms with van der Waals surface area (Å²) in [7, 11) is -3.14. The molecule has 1 spiro atoms. The van der Waals surface area contributed by atoms with E-state index in [1.807, 2.05) is 12.1 Å². The van der Waals surface area contributed by atoms with E-state index < -0.39 is 21.9 Å². The van der Waals surface area contributed by atoms with Gasteiger partial charge in [-0.15, -0.1) is 5.10 Å². The van der Waals surface area contributed by atoms with Crippen LogP contribution in [0.15, 0.2) is 36.7 Å². The van der Waals surface area contributed by atoms with Gasteiger partial charge in [0, 0.05) is 54.8 Å². The first-order valence-electron chi connectivity index (χ1n) is 11.7. The monoisotopic (exact) mass is 577 g/mol. The maximum atomic E-state index is 14.9. The van der Waals surface area contributed by atoms with Crippen LogP contribution in [0.5, 0.6) is 5.75 Å². The Morgan fingerprint density at radius 3 is 2.58 bits per heavy atom. The first kappa shape index (κ1) is 25.2. The van der Waals surface area contributed by atoms with Crippen molar-refractivity contribution >= 4 is 49.9 Å². The lowest BCUT2D eigenvalue weighted by molar-refractivity contribution is 0.0395. The number of nitrogens with one attached hydrogen (secondary N) is 1. The number of benzene rings is 1. The van der Waals surface area contributed by atoms with Gasteiger partial charge in [0.05, 0.1) is 28.6 Å². The Hall–Kier alpha value is -3.06. The Morgan fingerprint density at radius 2 is 1.92 bits per heavy atom. The molecule has 0 bridgehead atoms. The molecule has 0 saturated carbocycles. The summed E-state index contributed by atoms with van der Waals surface area (Å²) < 4.78 is 45.6. The van der Waals surface area contributed by atoms with Crippen LogP contribution < -0.4 is 9.64 Å². The van der Waals surface area contributed by atoms with Gasteiger partial charge in [0.1, 0.15) is 17.6 Å². The van der Waals surface area contributed by atoms with Crippen LogP contribution in [0.2, 0.25) is 10.2 Å². The van der Waals surface area contributed by atoms with E-state index in [0.717, 1.165) is 24.5 Å². The lowest BCUT2D eigenvalue weighted by Crippen LogP contribution is -2.73. The summed E-state index contributed by atoms with van der Waals surface area (Å²) >= 11 is 12.3. The predicted molar refractivity (Wildman–Crippen MR) is 141 cm³/mol. The molecule has 198 valence electrons. The first-order chi connectivity index (χ1) is 18.0. The molecule has 0 unspecified atom stereocenters. The van der Waals surface area contributed by atoms with Crippen LogP contribution in [-0.4, -0.2) is 70.5 Å². The van der Waals surface area contributed by atoms with Crippen LogP contribution >= 0.6 is 23.2 Å². The minimum absolute atomic E-state index is 0.00990. The molecule has 2 fully saturated rings. The molecule has 14 heteroatoms. The molecular weight excluding hydrogens is 556 g/mol. The number of hydrogen-bond acceptors (Lipinski definition) is 8. The molecule has 1 N–H and O–H groups in total. The summed E-state index contributed by atoms with van der Waals surface area (Å²) in [5, 5.41) is 15.7. The van der Waals surface area contributed by atoms with Crippen molar-refractivity contribution in [3.63, 3.8) is 0 Å². The Bertz CT molecular complexity index is 1630. The van der Waals surface area contributed by atoms with Crippen LogP contribution in [0.1, 0.15) is 18.6 Å². The van der Waals surface area contributed by atoms with E-state index in [9.17, 15) is 12.8 Å². The van der Waals surface area contributed by atoms with Gasteiger partial charge < -0.3 is 9.64 Å². The van der Waals surface area contributed by atoms with E-state index in [1.54, 1.807) is 19.2 Å². The zero-order valence-electron chi connectivity index (χ0n) is 20.3. The smallest absolute Gasteiger partial charge is 0.211 e. The zero-order chi connectivity index (χ0) is 26.8. The molecule has 2 aliphatic heterocycles. The molecule has 1 aromatic carbocycles. The molecule has 2 saturated heterocycles. The van der Waals surface area contributed by atoms with Crippen molar-refractivity contribution in [2.45, 2.75) is 13.0 Å². The van der Waals surface area contributed by atoms with Crippen molar-refractivity contribution in [1.29, 1.82) is 0 Å². The minimum atomic E-state index is -3.14. The van der Waals surface area contributed by atoms with Gasteiger partial charge in [-0.3, -0.25) is 5.10 Å². The summed E-state index contributed by atoms with van der Waals surface area (Å²) in [4.78, 5) is 6.72. The Morgan fingerprint density at radius 1 is 1.16 bits per heavy atom. The number of rotatable bonds is 6. The molecular formula is C24H22Cl2FN7O3S. The summed E-state index contributed by atoms with van der Waals surface area (Å²) in [6.45, 7) is 4.32. The van der Waals surface area contributed by atoms with Crippen molar-refractivity contribution < 1.29 is 17.5 Å². The summed E-state index contributed by atoms with van der Waals surface area (Å²) in [5.41, 5.74) is 2.28. The molecule has 38 heavy (non-hydrogen) atoms. The molecule has 0 amide bonds. The maximum Gasteiger partial charge on any atom is 0.211 e. The molecule has 4 aromatic rings. The Labute approximate surface area is 227 Å². The number of halogens is 3. The van der Waals surface area contributed by atoms with E-state index in [4.69, 9.17) is 27.9 Å².